The smallest absolute Gasteiger partial charge is 0.314 e. The van der Waals surface area contributed by atoms with Crippen LogP contribution in [0.1, 0.15) is 27.0 Å². The topological polar surface area (TPSA) is 54.4 Å². The number of hydrogen-bond acceptors (Lipinski definition) is 3. The fourth-order valence-corrected chi connectivity index (χ4v) is 2.81. The third-order valence-corrected chi connectivity index (χ3v) is 3.81. The van der Waals surface area contributed by atoms with Crippen molar-refractivity contribution in [2.75, 3.05) is 0 Å². The Morgan fingerprint density at radius 2 is 2.43 bits per heavy atom. The van der Waals surface area contributed by atoms with E-state index in [0.717, 1.165) is 16.9 Å². The number of carbonyl (C=O) groups is 2. The normalized spacial score (nSPS) is 19.8. The van der Waals surface area contributed by atoms with Crippen molar-refractivity contribution < 1.29 is 14.7 Å². The van der Waals surface area contributed by atoms with Gasteiger partial charge in [-0.05, 0) is 24.5 Å². The van der Waals surface area contributed by atoms with Gasteiger partial charge in [0, 0.05) is 4.88 Å². The summed E-state index contributed by atoms with van der Waals surface area (Å²) in [5, 5.41) is 8.78. The summed E-state index contributed by atoms with van der Waals surface area (Å²) in [5.41, 5.74) is 0.921. The average Bonchev–Trinajstić information content (AvgIpc) is 2.65. The molecule has 0 spiro atoms. The number of aryl methyl sites for hydroxylation is 1. The van der Waals surface area contributed by atoms with Gasteiger partial charge in [-0.25, -0.2) is 0 Å². The van der Waals surface area contributed by atoms with Crippen LogP contribution in [0.3, 0.4) is 0 Å². The predicted octanol–water partition coefficient (Wildman–Crippen LogP) is 1.75. The van der Waals surface area contributed by atoms with Gasteiger partial charge in [0.1, 0.15) is 5.92 Å². The average molecular weight is 210 g/mol. The van der Waals surface area contributed by atoms with Crippen LogP contribution in [0, 0.1) is 5.92 Å². The van der Waals surface area contributed by atoms with Gasteiger partial charge < -0.3 is 5.11 Å². The fraction of sp³-hybridized carbons (Fsp3) is 0.400. The van der Waals surface area contributed by atoms with Crippen LogP contribution in [0.15, 0.2) is 6.07 Å². The second-order valence-electron chi connectivity index (χ2n) is 3.38. The van der Waals surface area contributed by atoms with Crippen molar-refractivity contribution in [3.05, 3.63) is 21.4 Å². The number of ketones is 1. The van der Waals surface area contributed by atoms with Crippen LogP contribution in [-0.4, -0.2) is 16.9 Å². The van der Waals surface area contributed by atoms with Gasteiger partial charge in [-0.3, -0.25) is 9.59 Å². The fourth-order valence-electron chi connectivity index (χ4n) is 1.69. The van der Waals surface area contributed by atoms with E-state index in [1.54, 1.807) is 0 Å². The lowest BCUT2D eigenvalue weighted by Gasteiger charge is -1.99. The van der Waals surface area contributed by atoms with Gasteiger partial charge in [0.05, 0.1) is 4.88 Å². The molecule has 1 atom stereocenters. The van der Waals surface area contributed by atoms with Gasteiger partial charge in [0.25, 0.3) is 0 Å². The maximum atomic E-state index is 11.6. The molecule has 1 aromatic heterocycles. The van der Waals surface area contributed by atoms with Crippen molar-refractivity contribution >= 4 is 23.1 Å². The Morgan fingerprint density at radius 1 is 1.71 bits per heavy atom. The number of carboxylic acids is 1. The first-order chi connectivity index (χ1) is 6.63. The lowest BCUT2D eigenvalue weighted by molar-refractivity contribution is -0.139. The highest BCUT2D eigenvalue weighted by molar-refractivity contribution is 7.14. The third kappa shape index (κ3) is 1.26. The molecule has 3 nitrogen and oxygen atoms in total. The van der Waals surface area contributed by atoms with Gasteiger partial charge in [-0.15, -0.1) is 11.3 Å². The molecular formula is C10H10O3S. The summed E-state index contributed by atoms with van der Waals surface area (Å²) >= 11 is 1.44. The largest absolute Gasteiger partial charge is 0.481 e. The first-order valence-electron chi connectivity index (χ1n) is 4.52. The molecule has 0 bridgehead atoms. The molecule has 0 radical (unpaired) electrons. The first kappa shape index (κ1) is 9.40. The number of rotatable bonds is 2. The Bertz CT molecular complexity index is 405. The maximum Gasteiger partial charge on any atom is 0.314 e. The van der Waals surface area contributed by atoms with E-state index in [-0.39, 0.29) is 5.78 Å². The zero-order valence-electron chi connectivity index (χ0n) is 7.74. The van der Waals surface area contributed by atoms with Crippen molar-refractivity contribution in [3.63, 3.8) is 0 Å². The van der Waals surface area contributed by atoms with Crippen molar-refractivity contribution in [1.29, 1.82) is 0 Å². The minimum atomic E-state index is -1.00. The number of aliphatic carboxylic acids is 1. The lowest BCUT2D eigenvalue weighted by atomic mass is 10.1. The summed E-state index contributed by atoms with van der Waals surface area (Å²) in [6.07, 6.45) is 1.28. The van der Waals surface area contributed by atoms with Crippen LogP contribution in [0.5, 0.6) is 0 Å². The number of hydrogen-bond donors (Lipinski definition) is 1. The highest BCUT2D eigenvalue weighted by Crippen LogP contribution is 2.34. The second-order valence-corrected chi connectivity index (χ2v) is 4.52. The zero-order valence-corrected chi connectivity index (χ0v) is 8.56. The van der Waals surface area contributed by atoms with E-state index in [1.807, 2.05) is 13.0 Å². The number of carbonyl (C=O) groups excluding carboxylic acids is 1. The number of carboxylic acid groups (broad SMARTS) is 1. The van der Waals surface area contributed by atoms with Crippen LogP contribution in [-0.2, 0) is 17.6 Å². The zero-order chi connectivity index (χ0) is 10.3. The number of Topliss-reactive ketones (excluding diaryl/α,β-unsaturated/α-hetero) is 1. The molecule has 2 rings (SSSR count). The van der Waals surface area contributed by atoms with Crippen LogP contribution >= 0.6 is 11.3 Å². The van der Waals surface area contributed by atoms with Gasteiger partial charge in [0.15, 0.2) is 5.78 Å². The van der Waals surface area contributed by atoms with E-state index in [2.05, 4.69) is 0 Å². The van der Waals surface area contributed by atoms with Crippen LogP contribution < -0.4 is 0 Å². The van der Waals surface area contributed by atoms with Gasteiger partial charge in [0.2, 0.25) is 0 Å². The van der Waals surface area contributed by atoms with Crippen molar-refractivity contribution in [2.45, 2.75) is 19.8 Å². The lowest BCUT2D eigenvalue weighted by Crippen LogP contribution is -2.19. The molecule has 1 aliphatic carbocycles. The van der Waals surface area contributed by atoms with Crippen LogP contribution in [0.25, 0.3) is 0 Å². The summed E-state index contributed by atoms with van der Waals surface area (Å²) < 4.78 is 0. The molecule has 4 heteroatoms. The standard InChI is InChI=1S/C10H10O3S/c1-2-6-3-5-4-7(10(12)13)8(11)9(5)14-6/h3,7H,2,4H2,1H3,(H,12,13). The Balaban J connectivity index is 2.35. The number of thiophene rings is 1. The molecule has 1 aliphatic rings. The highest BCUT2D eigenvalue weighted by Gasteiger charge is 2.37. The third-order valence-electron chi connectivity index (χ3n) is 2.47. The molecule has 1 heterocycles. The molecule has 0 saturated heterocycles. The summed E-state index contributed by atoms with van der Waals surface area (Å²) in [5.74, 6) is -2.05. The molecule has 74 valence electrons. The van der Waals surface area contributed by atoms with Gasteiger partial charge in [-0.1, -0.05) is 6.92 Å². The molecular weight excluding hydrogens is 200 g/mol. The van der Waals surface area contributed by atoms with Gasteiger partial charge in [-0.2, -0.15) is 0 Å². The second kappa shape index (κ2) is 3.20. The van der Waals surface area contributed by atoms with E-state index >= 15 is 0 Å². The summed E-state index contributed by atoms with van der Waals surface area (Å²) in [7, 11) is 0. The van der Waals surface area contributed by atoms with Crippen molar-refractivity contribution in [2.24, 2.45) is 5.92 Å². The van der Waals surface area contributed by atoms with E-state index in [4.69, 9.17) is 5.11 Å². The predicted molar refractivity (Wildman–Crippen MR) is 52.9 cm³/mol. The molecule has 14 heavy (non-hydrogen) atoms. The summed E-state index contributed by atoms with van der Waals surface area (Å²) in [6.45, 7) is 2.03. The molecule has 1 aromatic rings. The molecule has 1 N–H and O–H groups in total. The molecule has 0 fully saturated rings. The minimum Gasteiger partial charge on any atom is -0.481 e. The summed E-state index contributed by atoms with van der Waals surface area (Å²) in [4.78, 5) is 24.1. The van der Waals surface area contributed by atoms with E-state index in [9.17, 15) is 9.59 Å². The molecule has 0 aromatic carbocycles. The van der Waals surface area contributed by atoms with Crippen molar-refractivity contribution in [1.82, 2.24) is 0 Å². The quantitative estimate of drug-likeness (QED) is 0.756. The molecule has 0 aliphatic heterocycles. The number of fused-ring (bicyclic) bond motifs is 1. The SMILES string of the molecule is CCc1cc2c(s1)C(=O)C(C(=O)O)C2. The van der Waals surface area contributed by atoms with E-state index < -0.39 is 11.9 Å². The summed E-state index contributed by atoms with van der Waals surface area (Å²) in [6, 6.07) is 1.96. The van der Waals surface area contributed by atoms with E-state index in [0.29, 0.717) is 11.3 Å². The van der Waals surface area contributed by atoms with Crippen molar-refractivity contribution in [3.8, 4) is 0 Å². The van der Waals surface area contributed by atoms with E-state index in [1.165, 1.54) is 11.3 Å². The molecule has 0 amide bonds. The molecule has 1 unspecified atom stereocenters. The van der Waals surface area contributed by atoms with Gasteiger partial charge >= 0.3 is 5.97 Å². The first-order valence-corrected chi connectivity index (χ1v) is 5.33. The Kier molecular flexibility index (Phi) is 2.15. The Morgan fingerprint density at radius 3 is 2.93 bits per heavy atom. The monoisotopic (exact) mass is 210 g/mol. The molecule has 0 saturated carbocycles. The maximum absolute atomic E-state index is 11.6. The Labute approximate surface area is 85.4 Å². The Hall–Kier alpha value is -1.16. The highest BCUT2D eigenvalue weighted by atomic mass is 32.1. The van der Waals surface area contributed by atoms with Crippen LogP contribution in [0.4, 0.5) is 0 Å². The minimum absolute atomic E-state index is 0.211. The van der Waals surface area contributed by atoms with Crippen LogP contribution in [0.2, 0.25) is 0 Å².